The number of piperidine rings is 1. The molecule has 0 radical (unpaired) electrons. The lowest BCUT2D eigenvalue weighted by molar-refractivity contribution is 0.0945. The summed E-state index contributed by atoms with van der Waals surface area (Å²) < 4.78 is 7.83. The predicted molar refractivity (Wildman–Crippen MR) is 117 cm³/mol. The van der Waals surface area contributed by atoms with Crippen molar-refractivity contribution in [3.05, 3.63) is 71.5 Å². The zero-order chi connectivity index (χ0) is 20.1. The molecule has 2 N–H and O–H groups in total. The Hall–Kier alpha value is -2.90. The molecule has 4 rings (SSSR count). The highest BCUT2D eigenvalue weighted by Gasteiger charge is 2.19. The lowest BCUT2D eigenvalue weighted by atomic mass is 10.1. The predicted octanol–water partition coefficient (Wildman–Crippen LogP) is 3.66. The van der Waals surface area contributed by atoms with E-state index >= 15 is 0 Å². The second-order valence-electron chi connectivity index (χ2n) is 7.27. The molecule has 8 heteroatoms. The van der Waals surface area contributed by atoms with Gasteiger partial charge in [-0.2, -0.15) is 0 Å². The summed E-state index contributed by atoms with van der Waals surface area (Å²) in [5.74, 6) is 1.25. The van der Waals surface area contributed by atoms with Crippen LogP contribution in [0.5, 0.6) is 11.5 Å². The highest BCUT2D eigenvalue weighted by molar-refractivity contribution is 5.91. The Kier molecular flexibility index (Phi) is 7.43. The van der Waals surface area contributed by atoms with E-state index in [0.717, 1.165) is 48.6 Å². The number of rotatable bonds is 6. The number of para-hydroxylation sites is 1. The van der Waals surface area contributed by atoms with Crippen LogP contribution in [0.2, 0.25) is 0 Å². The van der Waals surface area contributed by atoms with E-state index in [0.29, 0.717) is 18.3 Å². The molecule has 0 saturated carbocycles. The normalized spacial score (nSPS) is 14.0. The third-order valence-electron chi connectivity index (χ3n) is 5.06. The van der Waals surface area contributed by atoms with Crippen LogP contribution in [0.25, 0.3) is 0 Å². The molecule has 1 amide bonds. The number of ether oxygens (including phenoxy) is 1. The molecule has 1 aliphatic heterocycles. The van der Waals surface area contributed by atoms with Crippen LogP contribution in [0, 0.1) is 6.92 Å². The minimum absolute atomic E-state index is 0. The maximum atomic E-state index is 12.5. The average molecular weight is 428 g/mol. The van der Waals surface area contributed by atoms with Crippen LogP contribution >= 0.6 is 12.4 Å². The standard InChI is InChI=1S/C22H25N5O2.ClH/c1-16-5-4-7-19(13-16)29-21-8-3-2-6-17(21)14-24-22(28)20-15-27(26-25-20)18-9-11-23-12-10-18;/h2-8,13,15,18,23H,9-12,14H2,1H3,(H,24,28);1H. The molecule has 0 bridgehead atoms. The third kappa shape index (κ3) is 5.37. The Morgan fingerprint density at radius 3 is 2.80 bits per heavy atom. The van der Waals surface area contributed by atoms with Gasteiger partial charge in [-0.25, -0.2) is 4.68 Å². The molecule has 30 heavy (non-hydrogen) atoms. The molecule has 0 unspecified atom stereocenters. The number of aryl methyl sites for hydroxylation is 1. The summed E-state index contributed by atoms with van der Waals surface area (Å²) in [6.45, 7) is 4.30. The van der Waals surface area contributed by atoms with Crippen molar-refractivity contribution in [2.24, 2.45) is 0 Å². The van der Waals surface area contributed by atoms with Crippen molar-refractivity contribution in [3.8, 4) is 11.5 Å². The topological polar surface area (TPSA) is 81.1 Å². The summed E-state index contributed by atoms with van der Waals surface area (Å²) in [6, 6.07) is 15.9. The van der Waals surface area contributed by atoms with Crippen LogP contribution < -0.4 is 15.4 Å². The molecule has 1 aliphatic rings. The van der Waals surface area contributed by atoms with Crippen molar-refractivity contribution in [1.29, 1.82) is 0 Å². The van der Waals surface area contributed by atoms with E-state index in [1.165, 1.54) is 0 Å². The van der Waals surface area contributed by atoms with Gasteiger partial charge in [0.15, 0.2) is 5.69 Å². The van der Waals surface area contributed by atoms with E-state index in [4.69, 9.17) is 4.74 Å². The van der Waals surface area contributed by atoms with Gasteiger partial charge in [-0.05, 0) is 56.6 Å². The molecule has 0 aliphatic carbocycles. The zero-order valence-corrected chi connectivity index (χ0v) is 17.7. The number of halogens is 1. The smallest absolute Gasteiger partial charge is 0.273 e. The molecular weight excluding hydrogens is 402 g/mol. The van der Waals surface area contributed by atoms with Crippen molar-refractivity contribution >= 4 is 18.3 Å². The number of carbonyl (C=O) groups excluding carboxylic acids is 1. The number of aromatic nitrogens is 3. The summed E-state index contributed by atoms with van der Waals surface area (Å²) >= 11 is 0. The van der Waals surface area contributed by atoms with Gasteiger partial charge in [0.1, 0.15) is 11.5 Å². The van der Waals surface area contributed by atoms with Gasteiger partial charge in [0.25, 0.3) is 5.91 Å². The summed E-state index contributed by atoms with van der Waals surface area (Å²) in [7, 11) is 0. The first-order valence-electron chi connectivity index (χ1n) is 9.92. The zero-order valence-electron chi connectivity index (χ0n) is 16.9. The van der Waals surface area contributed by atoms with Gasteiger partial charge in [0.05, 0.1) is 12.2 Å². The fourth-order valence-electron chi connectivity index (χ4n) is 3.45. The van der Waals surface area contributed by atoms with E-state index in [1.807, 2.05) is 60.1 Å². The van der Waals surface area contributed by atoms with Crippen molar-refractivity contribution in [2.45, 2.75) is 32.4 Å². The van der Waals surface area contributed by atoms with Crippen molar-refractivity contribution < 1.29 is 9.53 Å². The third-order valence-corrected chi connectivity index (χ3v) is 5.06. The van der Waals surface area contributed by atoms with Gasteiger partial charge in [0, 0.05) is 12.1 Å². The van der Waals surface area contributed by atoms with Gasteiger partial charge in [-0.1, -0.05) is 35.5 Å². The lowest BCUT2D eigenvalue weighted by Gasteiger charge is -2.22. The van der Waals surface area contributed by atoms with Crippen LogP contribution in [-0.4, -0.2) is 34.0 Å². The van der Waals surface area contributed by atoms with Crippen molar-refractivity contribution in [2.75, 3.05) is 13.1 Å². The summed E-state index contributed by atoms with van der Waals surface area (Å²) in [6.07, 6.45) is 3.72. The molecule has 7 nitrogen and oxygen atoms in total. The van der Waals surface area contributed by atoms with Crippen molar-refractivity contribution in [3.63, 3.8) is 0 Å². The Balaban J connectivity index is 0.00000256. The molecular formula is C22H26ClN5O2. The van der Waals surface area contributed by atoms with Gasteiger partial charge in [-0.3, -0.25) is 4.79 Å². The number of nitrogens with one attached hydrogen (secondary N) is 2. The number of hydrogen-bond acceptors (Lipinski definition) is 5. The minimum atomic E-state index is -0.240. The van der Waals surface area contributed by atoms with E-state index < -0.39 is 0 Å². The number of benzene rings is 2. The molecule has 3 aromatic rings. The maximum Gasteiger partial charge on any atom is 0.273 e. The van der Waals surface area contributed by atoms with E-state index in [-0.39, 0.29) is 18.3 Å². The molecule has 0 spiro atoms. The fraction of sp³-hybridized carbons (Fsp3) is 0.318. The lowest BCUT2D eigenvalue weighted by Crippen LogP contribution is -2.29. The molecule has 1 saturated heterocycles. The average Bonchev–Trinajstić information content (AvgIpc) is 3.24. The molecule has 158 valence electrons. The van der Waals surface area contributed by atoms with Crippen LogP contribution in [-0.2, 0) is 6.54 Å². The Morgan fingerprint density at radius 1 is 1.20 bits per heavy atom. The van der Waals surface area contributed by atoms with Gasteiger partial charge < -0.3 is 15.4 Å². The van der Waals surface area contributed by atoms with Crippen LogP contribution in [0.15, 0.2) is 54.7 Å². The Labute approximate surface area is 182 Å². The second kappa shape index (κ2) is 10.2. The molecule has 0 atom stereocenters. The van der Waals surface area contributed by atoms with Gasteiger partial charge in [-0.15, -0.1) is 17.5 Å². The SMILES string of the molecule is Cc1cccc(Oc2ccccc2CNC(=O)c2cn(C3CCNCC3)nn2)c1.Cl. The highest BCUT2D eigenvalue weighted by atomic mass is 35.5. The van der Waals surface area contributed by atoms with E-state index in [9.17, 15) is 4.79 Å². The first-order chi connectivity index (χ1) is 14.2. The molecule has 1 aromatic heterocycles. The summed E-state index contributed by atoms with van der Waals surface area (Å²) in [5.41, 5.74) is 2.36. The number of carbonyl (C=O) groups is 1. The van der Waals surface area contributed by atoms with E-state index in [1.54, 1.807) is 6.20 Å². The second-order valence-corrected chi connectivity index (χ2v) is 7.27. The number of hydrogen-bond donors (Lipinski definition) is 2. The molecule has 2 heterocycles. The quantitative estimate of drug-likeness (QED) is 0.627. The monoisotopic (exact) mass is 427 g/mol. The highest BCUT2D eigenvalue weighted by Crippen LogP contribution is 2.26. The van der Waals surface area contributed by atoms with Crippen molar-refractivity contribution in [1.82, 2.24) is 25.6 Å². The molecule has 1 fully saturated rings. The maximum absolute atomic E-state index is 12.5. The van der Waals surface area contributed by atoms with Crippen LogP contribution in [0.3, 0.4) is 0 Å². The summed E-state index contributed by atoms with van der Waals surface area (Å²) in [5, 5.41) is 14.5. The fourth-order valence-corrected chi connectivity index (χ4v) is 3.45. The van der Waals surface area contributed by atoms with Gasteiger partial charge in [0.2, 0.25) is 0 Å². The van der Waals surface area contributed by atoms with E-state index in [2.05, 4.69) is 20.9 Å². The van der Waals surface area contributed by atoms with Crippen LogP contribution in [0.1, 0.15) is 40.5 Å². The minimum Gasteiger partial charge on any atom is -0.457 e. The van der Waals surface area contributed by atoms with Gasteiger partial charge >= 0.3 is 0 Å². The summed E-state index contributed by atoms with van der Waals surface area (Å²) in [4.78, 5) is 12.5. The molecule has 2 aromatic carbocycles. The number of nitrogens with zero attached hydrogens (tertiary/aromatic N) is 3. The Bertz CT molecular complexity index is 985. The first-order valence-corrected chi connectivity index (χ1v) is 9.92. The Morgan fingerprint density at radius 2 is 2.00 bits per heavy atom. The number of amides is 1. The first kappa shape index (κ1) is 21.8. The van der Waals surface area contributed by atoms with Crippen LogP contribution in [0.4, 0.5) is 0 Å². The largest absolute Gasteiger partial charge is 0.457 e.